The predicted octanol–water partition coefficient (Wildman–Crippen LogP) is 5.35. The molecule has 1 aliphatic heterocycles. The minimum atomic E-state index is -2.96. The Morgan fingerprint density at radius 3 is 2.47 bits per heavy atom. The molecule has 3 aromatic rings. The van der Waals surface area contributed by atoms with E-state index in [9.17, 15) is 22.0 Å². The Morgan fingerprint density at radius 2 is 1.85 bits per heavy atom. The lowest BCUT2D eigenvalue weighted by molar-refractivity contribution is -0.0820. The summed E-state index contributed by atoms with van der Waals surface area (Å²) in [6.45, 7) is 2.28. The second kappa shape index (κ2) is 8.61. The van der Waals surface area contributed by atoms with Crippen molar-refractivity contribution < 1.29 is 31.4 Å². The highest BCUT2D eigenvalue weighted by Crippen LogP contribution is 2.55. The molecule has 1 saturated carbocycles. The number of benzene rings is 1. The van der Waals surface area contributed by atoms with Crippen LogP contribution in [0, 0.1) is 5.82 Å². The Hall–Kier alpha value is -3.08. The van der Waals surface area contributed by atoms with Crippen LogP contribution in [-0.2, 0) is 10.2 Å². The Balaban J connectivity index is 1.54. The first kappa shape index (κ1) is 22.7. The Morgan fingerprint density at radius 1 is 1.12 bits per heavy atom. The van der Waals surface area contributed by atoms with Crippen molar-refractivity contribution in [3.05, 3.63) is 53.1 Å². The second-order valence-electron chi connectivity index (χ2n) is 8.59. The molecule has 1 atom stereocenters. The number of nitrogens with zero attached hydrogens (tertiary/aromatic N) is 3. The van der Waals surface area contributed by atoms with Crippen molar-refractivity contribution in [3.8, 4) is 5.88 Å². The lowest BCUT2D eigenvalue weighted by atomic mass is 9.96. The van der Waals surface area contributed by atoms with Crippen molar-refractivity contribution in [1.29, 1.82) is 0 Å². The molecule has 0 bridgehead atoms. The molecule has 1 saturated heterocycles. The van der Waals surface area contributed by atoms with Crippen LogP contribution in [0.15, 0.2) is 30.6 Å². The molecule has 0 spiro atoms. The van der Waals surface area contributed by atoms with Crippen LogP contribution in [0.2, 0.25) is 0 Å². The van der Waals surface area contributed by atoms with Gasteiger partial charge in [0.1, 0.15) is 24.1 Å². The summed E-state index contributed by atoms with van der Waals surface area (Å²) in [4.78, 5) is 12.7. The number of fused-ring (bicyclic) bond motifs is 1. The minimum absolute atomic E-state index is 0.0222. The maximum atomic E-state index is 14.6. The van der Waals surface area contributed by atoms with Crippen LogP contribution in [0.4, 0.5) is 27.8 Å². The molecule has 2 aromatic heterocycles. The summed E-state index contributed by atoms with van der Waals surface area (Å²) >= 11 is 0. The third-order valence-corrected chi connectivity index (χ3v) is 6.33. The third-order valence-electron chi connectivity index (χ3n) is 6.33. The van der Waals surface area contributed by atoms with E-state index in [2.05, 4.69) is 20.3 Å². The van der Waals surface area contributed by atoms with Crippen LogP contribution < -0.4 is 10.1 Å². The Labute approximate surface area is 191 Å². The maximum Gasteiger partial charge on any atom is 0.266 e. The first-order chi connectivity index (χ1) is 16.3. The van der Waals surface area contributed by atoms with E-state index in [4.69, 9.17) is 9.47 Å². The largest absolute Gasteiger partial charge is 0.469 e. The van der Waals surface area contributed by atoms with E-state index < -0.39 is 35.7 Å². The summed E-state index contributed by atoms with van der Waals surface area (Å²) in [6, 6.07) is 4.56. The average molecular weight is 480 g/mol. The number of halogens is 5. The summed E-state index contributed by atoms with van der Waals surface area (Å²) in [6.07, 6.45) is -4.05. The molecule has 2 fully saturated rings. The van der Waals surface area contributed by atoms with Gasteiger partial charge in [-0.3, -0.25) is 0 Å². The molecule has 11 heteroatoms. The molecular weight excluding hydrogens is 459 g/mol. The lowest BCUT2D eigenvalue weighted by Crippen LogP contribution is -2.39. The zero-order valence-corrected chi connectivity index (χ0v) is 18.1. The fraction of sp³-hybridized carbons (Fsp3) is 0.435. The fourth-order valence-corrected chi connectivity index (χ4v) is 4.07. The van der Waals surface area contributed by atoms with Gasteiger partial charge in [-0.2, -0.15) is 4.98 Å². The SMILES string of the molecule is C[C@@H](Nc1ncnc2nc(OC3COC3)c(C3(C(F)F)CC3)cc12)c1cccc(C(F)F)c1F. The zero-order chi connectivity index (χ0) is 24.0. The molecule has 6 nitrogen and oxygen atoms in total. The molecule has 180 valence electrons. The monoisotopic (exact) mass is 480 g/mol. The van der Waals surface area contributed by atoms with Crippen molar-refractivity contribution in [2.24, 2.45) is 0 Å². The van der Waals surface area contributed by atoms with Gasteiger partial charge in [0.15, 0.2) is 5.65 Å². The molecule has 0 radical (unpaired) electrons. The highest BCUT2D eigenvalue weighted by Gasteiger charge is 2.55. The van der Waals surface area contributed by atoms with Gasteiger partial charge in [-0.15, -0.1) is 0 Å². The van der Waals surface area contributed by atoms with E-state index in [1.54, 1.807) is 6.92 Å². The highest BCUT2D eigenvalue weighted by molar-refractivity contribution is 5.88. The van der Waals surface area contributed by atoms with Crippen molar-refractivity contribution in [3.63, 3.8) is 0 Å². The average Bonchev–Trinajstić information content (AvgIpc) is 3.58. The summed E-state index contributed by atoms with van der Waals surface area (Å²) < 4.78 is 79.8. The van der Waals surface area contributed by atoms with Gasteiger partial charge in [0.25, 0.3) is 6.43 Å². The second-order valence-corrected chi connectivity index (χ2v) is 8.59. The van der Waals surface area contributed by atoms with E-state index in [1.807, 2.05) is 0 Å². The van der Waals surface area contributed by atoms with Gasteiger partial charge in [-0.25, -0.2) is 31.9 Å². The third kappa shape index (κ3) is 3.91. The molecule has 1 aromatic carbocycles. The topological polar surface area (TPSA) is 69.2 Å². The molecule has 1 aliphatic carbocycles. The zero-order valence-electron chi connectivity index (χ0n) is 18.1. The Bertz CT molecular complexity index is 1220. The molecule has 2 aliphatic rings. The van der Waals surface area contributed by atoms with E-state index in [-0.39, 0.29) is 47.4 Å². The number of anilines is 1. The molecule has 0 amide bonds. The normalized spacial score (nSPS) is 18.2. The summed E-state index contributed by atoms with van der Waals surface area (Å²) in [5, 5.41) is 3.34. The molecular formula is C23H21F5N4O2. The van der Waals surface area contributed by atoms with Crippen LogP contribution in [0.5, 0.6) is 5.88 Å². The molecule has 1 N–H and O–H groups in total. The van der Waals surface area contributed by atoms with Gasteiger partial charge in [0.05, 0.1) is 35.6 Å². The maximum absolute atomic E-state index is 14.6. The van der Waals surface area contributed by atoms with Crippen LogP contribution >= 0.6 is 0 Å². The molecule has 3 heterocycles. The van der Waals surface area contributed by atoms with Gasteiger partial charge in [-0.1, -0.05) is 18.2 Å². The van der Waals surface area contributed by atoms with Gasteiger partial charge in [0.2, 0.25) is 12.3 Å². The van der Waals surface area contributed by atoms with Crippen molar-refractivity contribution in [2.75, 3.05) is 18.5 Å². The van der Waals surface area contributed by atoms with Crippen molar-refractivity contribution >= 4 is 16.9 Å². The molecule has 34 heavy (non-hydrogen) atoms. The summed E-state index contributed by atoms with van der Waals surface area (Å²) in [5.74, 6) is -0.702. The fourth-order valence-electron chi connectivity index (χ4n) is 4.07. The number of hydrogen-bond acceptors (Lipinski definition) is 6. The van der Waals surface area contributed by atoms with Crippen LogP contribution in [0.3, 0.4) is 0 Å². The van der Waals surface area contributed by atoms with Crippen LogP contribution in [-0.4, -0.2) is 40.7 Å². The number of hydrogen-bond donors (Lipinski definition) is 1. The minimum Gasteiger partial charge on any atom is -0.469 e. The lowest BCUT2D eigenvalue weighted by Gasteiger charge is -2.28. The number of rotatable bonds is 8. The van der Waals surface area contributed by atoms with Crippen molar-refractivity contribution in [1.82, 2.24) is 15.0 Å². The van der Waals surface area contributed by atoms with Crippen molar-refractivity contribution in [2.45, 2.75) is 50.2 Å². The highest BCUT2D eigenvalue weighted by atomic mass is 19.3. The van der Waals surface area contributed by atoms with E-state index in [0.717, 1.165) is 6.07 Å². The first-order valence-electron chi connectivity index (χ1n) is 10.8. The Kier molecular flexibility index (Phi) is 5.75. The standard InChI is InChI=1S/C23H21F5N4O2/c1-11(13-3-2-4-14(17(13)24)18(25)26)31-19-15-7-16(23(5-6-23)22(27)28)21(34-12-8-33-9-12)32-20(15)30-10-29-19/h2-4,7,10-12,18,22H,5-6,8-9H2,1H3,(H,29,30,31,32)/t11-/m1/s1. The van der Waals surface area contributed by atoms with Gasteiger partial charge in [-0.05, 0) is 25.8 Å². The number of aromatic nitrogens is 3. The summed E-state index contributed by atoms with van der Waals surface area (Å²) in [7, 11) is 0. The first-order valence-corrected chi connectivity index (χ1v) is 10.8. The smallest absolute Gasteiger partial charge is 0.266 e. The number of ether oxygens (including phenoxy) is 2. The van der Waals surface area contributed by atoms with Gasteiger partial charge < -0.3 is 14.8 Å². The van der Waals surface area contributed by atoms with Crippen LogP contribution in [0.1, 0.15) is 48.9 Å². The summed E-state index contributed by atoms with van der Waals surface area (Å²) in [5.41, 5.74) is -1.57. The molecule has 0 unspecified atom stereocenters. The van der Waals surface area contributed by atoms with Gasteiger partial charge in [0, 0.05) is 11.1 Å². The number of alkyl halides is 4. The number of pyridine rings is 1. The number of nitrogens with one attached hydrogen (secondary N) is 1. The van der Waals surface area contributed by atoms with E-state index in [1.165, 1.54) is 24.5 Å². The predicted molar refractivity (Wildman–Crippen MR) is 113 cm³/mol. The van der Waals surface area contributed by atoms with E-state index >= 15 is 0 Å². The van der Waals surface area contributed by atoms with Gasteiger partial charge >= 0.3 is 0 Å². The molecule has 5 rings (SSSR count). The van der Waals surface area contributed by atoms with E-state index in [0.29, 0.717) is 18.6 Å². The quantitative estimate of drug-likeness (QED) is 0.439. The van der Waals surface area contributed by atoms with Crippen LogP contribution in [0.25, 0.3) is 11.0 Å².